The van der Waals surface area contributed by atoms with E-state index in [-0.39, 0.29) is 5.75 Å². The number of phenolic OH excluding ortho intramolecular Hbond substituents is 1. The summed E-state index contributed by atoms with van der Waals surface area (Å²) in [7, 11) is 0. The average Bonchev–Trinajstić information content (AvgIpc) is 2.98. The molecule has 3 heterocycles. The largest absolute Gasteiger partial charge is 0.506 e. The number of ether oxygens (including phenoxy) is 1. The minimum absolute atomic E-state index is 0.0653. The van der Waals surface area contributed by atoms with Gasteiger partial charge in [0.1, 0.15) is 11.4 Å². The zero-order chi connectivity index (χ0) is 16.5. The Hall–Kier alpha value is -2.44. The zero-order valence-electron chi connectivity index (χ0n) is 12.9. The highest BCUT2D eigenvalue weighted by molar-refractivity contribution is 6.32. The summed E-state index contributed by atoms with van der Waals surface area (Å²) in [5.41, 5.74) is 2.69. The van der Waals surface area contributed by atoms with Crippen LogP contribution in [-0.2, 0) is 4.74 Å². The topological polar surface area (TPSA) is 62.0 Å². The number of anilines is 3. The lowest BCUT2D eigenvalue weighted by atomic mass is 10.2. The summed E-state index contributed by atoms with van der Waals surface area (Å²) in [6.45, 7) is 2.99. The van der Waals surface area contributed by atoms with Gasteiger partial charge in [-0.2, -0.15) is 0 Å². The first-order valence-electron chi connectivity index (χ1n) is 7.78. The summed E-state index contributed by atoms with van der Waals surface area (Å²) in [6.07, 6.45) is 1.92. The summed E-state index contributed by atoms with van der Waals surface area (Å²) < 4.78 is 7.30. The van der Waals surface area contributed by atoms with Crippen molar-refractivity contribution in [3.05, 3.63) is 47.6 Å². The first kappa shape index (κ1) is 15.1. The molecule has 1 saturated heterocycles. The molecule has 124 valence electrons. The predicted molar refractivity (Wildman–Crippen MR) is 94.6 cm³/mol. The number of halogens is 1. The van der Waals surface area contributed by atoms with Crippen LogP contribution in [0.15, 0.2) is 42.6 Å². The van der Waals surface area contributed by atoms with Crippen LogP contribution in [0.3, 0.4) is 0 Å². The smallest absolute Gasteiger partial charge is 0.175 e. The molecule has 2 aromatic heterocycles. The molecule has 1 aliphatic rings. The fourth-order valence-electron chi connectivity index (χ4n) is 2.83. The van der Waals surface area contributed by atoms with E-state index in [4.69, 9.17) is 21.4 Å². The van der Waals surface area contributed by atoms with Gasteiger partial charge in [0.15, 0.2) is 5.82 Å². The Labute approximate surface area is 144 Å². The van der Waals surface area contributed by atoms with Crippen molar-refractivity contribution < 1.29 is 9.84 Å². The van der Waals surface area contributed by atoms with E-state index in [0.29, 0.717) is 18.2 Å². The SMILES string of the molecule is Oc1ccc(Nc2c(N3CCOCC3)nn3ccccc23)cc1Cl. The van der Waals surface area contributed by atoms with Crippen molar-refractivity contribution in [2.45, 2.75) is 0 Å². The number of nitrogens with one attached hydrogen (secondary N) is 1. The number of rotatable bonds is 3. The minimum Gasteiger partial charge on any atom is -0.506 e. The van der Waals surface area contributed by atoms with Gasteiger partial charge in [0, 0.05) is 25.0 Å². The molecular formula is C17H17ClN4O2. The highest BCUT2D eigenvalue weighted by Gasteiger charge is 2.21. The highest BCUT2D eigenvalue weighted by atomic mass is 35.5. The molecule has 0 spiro atoms. The van der Waals surface area contributed by atoms with Crippen molar-refractivity contribution in [2.24, 2.45) is 0 Å². The predicted octanol–water partition coefficient (Wildman–Crippen LogP) is 3.27. The Bertz CT molecular complexity index is 874. The number of hydrogen-bond acceptors (Lipinski definition) is 5. The van der Waals surface area contributed by atoms with E-state index >= 15 is 0 Å². The monoisotopic (exact) mass is 344 g/mol. The number of aromatic nitrogens is 2. The summed E-state index contributed by atoms with van der Waals surface area (Å²) in [6, 6.07) is 11.0. The highest BCUT2D eigenvalue weighted by Crippen LogP contribution is 2.34. The zero-order valence-corrected chi connectivity index (χ0v) is 13.7. The van der Waals surface area contributed by atoms with Crippen molar-refractivity contribution in [3.63, 3.8) is 0 Å². The molecule has 0 atom stereocenters. The van der Waals surface area contributed by atoms with Gasteiger partial charge in [0.25, 0.3) is 0 Å². The molecule has 7 heteroatoms. The number of nitrogens with zero attached hydrogens (tertiary/aromatic N) is 3. The summed E-state index contributed by atoms with van der Waals surface area (Å²) >= 11 is 6.02. The lowest BCUT2D eigenvalue weighted by Crippen LogP contribution is -2.36. The number of phenols is 1. The van der Waals surface area contributed by atoms with Gasteiger partial charge in [-0.05, 0) is 30.3 Å². The van der Waals surface area contributed by atoms with Crippen LogP contribution in [0.25, 0.3) is 5.52 Å². The van der Waals surface area contributed by atoms with Gasteiger partial charge >= 0.3 is 0 Å². The Balaban J connectivity index is 1.78. The van der Waals surface area contributed by atoms with Crippen molar-refractivity contribution in [1.29, 1.82) is 0 Å². The molecule has 0 radical (unpaired) electrons. The maximum absolute atomic E-state index is 9.60. The quantitative estimate of drug-likeness (QED) is 0.714. The molecule has 1 aromatic carbocycles. The van der Waals surface area contributed by atoms with E-state index in [1.54, 1.807) is 18.2 Å². The van der Waals surface area contributed by atoms with Gasteiger partial charge in [-0.1, -0.05) is 17.7 Å². The fourth-order valence-corrected chi connectivity index (χ4v) is 3.01. The molecule has 3 aromatic rings. The number of fused-ring (bicyclic) bond motifs is 1. The molecule has 0 saturated carbocycles. The second-order valence-electron chi connectivity index (χ2n) is 5.62. The number of aromatic hydroxyl groups is 1. The molecule has 4 rings (SSSR count). The molecule has 1 aliphatic heterocycles. The van der Waals surface area contributed by atoms with Crippen molar-refractivity contribution in [3.8, 4) is 5.75 Å². The summed E-state index contributed by atoms with van der Waals surface area (Å²) in [5, 5.41) is 18.0. The van der Waals surface area contributed by atoms with E-state index in [1.807, 2.05) is 28.9 Å². The molecule has 24 heavy (non-hydrogen) atoms. The molecule has 6 nitrogen and oxygen atoms in total. The van der Waals surface area contributed by atoms with E-state index in [0.717, 1.165) is 35.8 Å². The third-order valence-corrected chi connectivity index (χ3v) is 4.35. The molecule has 0 unspecified atom stereocenters. The van der Waals surface area contributed by atoms with Gasteiger partial charge < -0.3 is 20.1 Å². The normalized spacial score (nSPS) is 15.0. The number of hydrogen-bond donors (Lipinski definition) is 2. The lowest BCUT2D eigenvalue weighted by molar-refractivity contribution is 0.122. The third kappa shape index (κ3) is 2.74. The number of morpholine rings is 1. The van der Waals surface area contributed by atoms with Crippen molar-refractivity contribution in [1.82, 2.24) is 9.61 Å². The Kier molecular flexibility index (Phi) is 3.92. The third-order valence-electron chi connectivity index (χ3n) is 4.05. The first-order chi connectivity index (χ1) is 11.7. The summed E-state index contributed by atoms with van der Waals surface area (Å²) in [4.78, 5) is 2.21. The second-order valence-corrected chi connectivity index (χ2v) is 6.03. The first-order valence-corrected chi connectivity index (χ1v) is 8.16. The van der Waals surface area contributed by atoms with Crippen molar-refractivity contribution in [2.75, 3.05) is 36.5 Å². The van der Waals surface area contributed by atoms with E-state index < -0.39 is 0 Å². The van der Waals surface area contributed by atoms with Crippen LogP contribution in [0.1, 0.15) is 0 Å². The van der Waals surface area contributed by atoms with E-state index in [2.05, 4.69) is 10.2 Å². The van der Waals surface area contributed by atoms with Crippen LogP contribution in [0.2, 0.25) is 5.02 Å². The molecule has 2 N–H and O–H groups in total. The van der Waals surface area contributed by atoms with Gasteiger partial charge in [-0.25, -0.2) is 4.52 Å². The van der Waals surface area contributed by atoms with Gasteiger partial charge in [0.05, 0.1) is 23.8 Å². The minimum atomic E-state index is 0.0653. The van der Waals surface area contributed by atoms with Gasteiger partial charge in [-0.3, -0.25) is 0 Å². The van der Waals surface area contributed by atoms with Crippen molar-refractivity contribution >= 4 is 34.3 Å². The van der Waals surface area contributed by atoms with Crippen LogP contribution in [-0.4, -0.2) is 41.0 Å². The van der Waals surface area contributed by atoms with Crippen LogP contribution in [0.4, 0.5) is 17.2 Å². The average molecular weight is 345 g/mol. The number of pyridine rings is 1. The van der Waals surface area contributed by atoms with Crippen LogP contribution in [0.5, 0.6) is 5.75 Å². The van der Waals surface area contributed by atoms with Crippen LogP contribution in [0, 0.1) is 0 Å². The lowest BCUT2D eigenvalue weighted by Gasteiger charge is -2.27. The van der Waals surface area contributed by atoms with E-state index in [1.165, 1.54) is 0 Å². The Morgan fingerprint density at radius 2 is 2.00 bits per heavy atom. The standard InChI is InChI=1S/C17H17ClN4O2/c18-13-11-12(4-5-15(13)23)19-16-14-3-1-2-6-22(14)20-17(16)21-7-9-24-10-8-21/h1-6,11,19,23H,7-10H2. The van der Waals surface area contributed by atoms with Crippen LogP contribution >= 0.6 is 11.6 Å². The second kappa shape index (κ2) is 6.22. The molecule has 0 aliphatic carbocycles. The fraction of sp³-hybridized carbons (Fsp3) is 0.235. The molecule has 0 bridgehead atoms. The van der Waals surface area contributed by atoms with Crippen LogP contribution < -0.4 is 10.2 Å². The number of benzene rings is 1. The van der Waals surface area contributed by atoms with E-state index in [9.17, 15) is 5.11 Å². The molecule has 1 fully saturated rings. The molecular weight excluding hydrogens is 328 g/mol. The van der Waals surface area contributed by atoms with Gasteiger partial charge in [0.2, 0.25) is 0 Å². The maximum atomic E-state index is 9.60. The van der Waals surface area contributed by atoms with Gasteiger partial charge in [-0.15, -0.1) is 5.10 Å². The molecule has 0 amide bonds. The maximum Gasteiger partial charge on any atom is 0.175 e. The Morgan fingerprint density at radius 3 is 2.79 bits per heavy atom. The summed E-state index contributed by atoms with van der Waals surface area (Å²) in [5.74, 6) is 0.948. The Morgan fingerprint density at radius 1 is 1.17 bits per heavy atom.